The number of aromatic nitrogens is 1. The van der Waals surface area contributed by atoms with Gasteiger partial charge in [-0.2, -0.15) is 0 Å². The minimum atomic E-state index is -0.503. The van der Waals surface area contributed by atoms with Crippen molar-refractivity contribution in [3.63, 3.8) is 0 Å². The number of H-pyrrole nitrogens is 1. The number of nitrogens with one attached hydrogen (secondary N) is 1. The molecule has 1 aromatic rings. The van der Waals surface area contributed by atoms with Crippen LogP contribution in [0.5, 0.6) is 0 Å². The molecule has 0 amide bonds. The van der Waals surface area contributed by atoms with Crippen molar-refractivity contribution in [3.05, 3.63) is 28.1 Å². The number of hydrogen-bond donors (Lipinski definition) is 1. The average molecular weight is 251 g/mol. The van der Waals surface area contributed by atoms with E-state index >= 15 is 0 Å². The standard InChI is InChI=1S/C12H17N3O3/c1-9-4-2-3-5-14(9)8-12(16)11-6-10(7-13-11)15(17)18/h6-7,9,13H,2-5,8H2,1H3. The summed E-state index contributed by atoms with van der Waals surface area (Å²) in [4.78, 5) is 26.8. The third-order valence-corrected chi connectivity index (χ3v) is 3.47. The lowest BCUT2D eigenvalue weighted by Gasteiger charge is -2.32. The third-order valence-electron chi connectivity index (χ3n) is 3.47. The molecule has 98 valence electrons. The van der Waals surface area contributed by atoms with E-state index < -0.39 is 4.92 Å². The van der Waals surface area contributed by atoms with E-state index in [9.17, 15) is 14.9 Å². The van der Waals surface area contributed by atoms with E-state index in [1.54, 1.807) is 0 Å². The number of aromatic amines is 1. The summed E-state index contributed by atoms with van der Waals surface area (Å²) in [5.41, 5.74) is 0.254. The molecule has 1 saturated heterocycles. The van der Waals surface area contributed by atoms with Crippen molar-refractivity contribution in [3.8, 4) is 0 Å². The van der Waals surface area contributed by atoms with Crippen LogP contribution in [0.3, 0.4) is 0 Å². The Labute approximate surface area is 105 Å². The monoisotopic (exact) mass is 251 g/mol. The van der Waals surface area contributed by atoms with Gasteiger partial charge in [0.1, 0.15) is 0 Å². The topological polar surface area (TPSA) is 79.2 Å². The number of Topliss-reactive ketones (excluding diaryl/α,β-unsaturated/α-hetero) is 1. The first-order valence-corrected chi connectivity index (χ1v) is 6.18. The Morgan fingerprint density at radius 3 is 3.00 bits per heavy atom. The van der Waals surface area contributed by atoms with Crippen LogP contribution < -0.4 is 0 Å². The molecular formula is C12H17N3O3. The van der Waals surface area contributed by atoms with Crippen LogP contribution in [-0.2, 0) is 0 Å². The highest BCUT2D eigenvalue weighted by Gasteiger charge is 2.22. The van der Waals surface area contributed by atoms with Gasteiger partial charge >= 0.3 is 0 Å². The highest BCUT2D eigenvalue weighted by molar-refractivity contribution is 5.96. The second-order valence-electron chi connectivity index (χ2n) is 4.77. The Morgan fingerprint density at radius 1 is 1.61 bits per heavy atom. The summed E-state index contributed by atoms with van der Waals surface area (Å²) < 4.78 is 0. The molecule has 1 aromatic heterocycles. The van der Waals surface area contributed by atoms with E-state index in [1.165, 1.54) is 18.7 Å². The van der Waals surface area contributed by atoms with Crippen LogP contribution in [0, 0.1) is 10.1 Å². The van der Waals surface area contributed by atoms with Gasteiger partial charge < -0.3 is 4.98 Å². The molecule has 1 unspecified atom stereocenters. The molecule has 0 aliphatic carbocycles. The van der Waals surface area contributed by atoms with Crippen LogP contribution in [0.1, 0.15) is 36.7 Å². The number of ketones is 1. The lowest BCUT2D eigenvalue weighted by molar-refractivity contribution is -0.384. The summed E-state index contributed by atoms with van der Waals surface area (Å²) in [7, 11) is 0. The van der Waals surface area contributed by atoms with Crippen LogP contribution in [0.25, 0.3) is 0 Å². The molecule has 0 spiro atoms. The van der Waals surface area contributed by atoms with Crippen molar-refractivity contribution < 1.29 is 9.72 Å². The first-order valence-electron chi connectivity index (χ1n) is 6.18. The van der Waals surface area contributed by atoms with E-state index in [4.69, 9.17) is 0 Å². The van der Waals surface area contributed by atoms with Gasteiger partial charge in [0.05, 0.1) is 23.4 Å². The quantitative estimate of drug-likeness (QED) is 0.504. The maximum Gasteiger partial charge on any atom is 0.287 e. The molecule has 0 aromatic carbocycles. The summed E-state index contributed by atoms with van der Waals surface area (Å²) in [6.07, 6.45) is 4.69. The molecule has 18 heavy (non-hydrogen) atoms. The lowest BCUT2D eigenvalue weighted by Crippen LogP contribution is -2.40. The molecular weight excluding hydrogens is 234 g/mol. The largest absolute Gasteiger partial charge is 0.353 e. The highest BCUT2D eigenvalue weighted by Crippen LogP contribution is 2.18. The maximum atomic E-state index is 12.0. The number of carbonyl (C=O) groups is 1. The molecule has 2 rings (SSSR count). The summed E-state index contributed by atoms with van der Waals surface area (Å²) in [6.45, 7) is 3.37. The van der Waals surface area contributed by atoms with Crippen molar-refractivity contribution in [2.24, 2.45) is 0 Å². The zero-order chi connectivity index (χ0) is 13.1. The summed E-state index contributed by atoms with van der Waals surface area (Å²) in [6, 6.07) is 1.71. The van der Waals surface area contributed by atoms with Crippen molar-refractivity contribution in [2.45, 2.75) is 32.2 Å². The van der Waals surface area contributed by atoms with Gasteiger partial charge in [-0.05, 0) is 26.3 Å². The average Bonchev–Trinajstić information content (AvgIpc) is 2.81. The number of nitro groups is 1. The fourth-order valence-electron chi connectivity index (χ4n) is 2.31. The fourth-order valence-corrected chi connectivity index (χ4v) is 2.31. The van der Waals surface area contributed by atoms with E-state index in [2.05, 4.69) is 16.8 Å². The van der Waals surface area contributed by atoms with Gasteiger partial charge in [-0.1, -0.05) is 6.42 Å². The predicted molar refractivity (Wildman–Crippen MR) is 66.7 cm³/mol. The lowest BCUT2D eigenvalue weighted by atomic mass is 10.0. The number of likely N-dealkylation sites (tertiary alicyclic amines) is 1. The molecule has 0 bridgehead atoms. The Kier molecular flexibility index (Phi) is 3.76. The molecule has 6 heteroatoms. The smallest absolute Gasteiger partial charge is 0.287 e. The predicted octanol–water partition coefficient (Wildman–Crippen LogP) is 1.98. The summed E-state index contributed by atoms with van der Waals surface area (Å²) in [5, 5.41) is 10.5. The van der Waals surface area contributed by atoms with Crippen LogP contribution in [-0.4, -0.2) is 39.7 Å². The van der Waals surface area contributed by atoms with Gasteiger partial charge in [-0.3, -0.25) is 19.8 Å². The van der Waals surface area contributed by atoms with Gasteiger partial charge in [0, 0.05) is 12.1 Å². The maximum absolute atomic E-state index is 12.0. The number of nitrogens with zero attached hydrogens (tertiary/aromatic N) is 2. The molecule has 1 atom stereocenters. The van der Waals surface area contributed by atoms with Crippen LogP contribution >= 0.6 is 0 Å². The molecule has 1 aliphatic rings. The van der Waals surface area contributed by atoms with Gasteiger partial charge in [-0.25, -0.2) is 0 Å². The van der Waals surface area contributed by atoms with E-state index in [-0.39, 0.29) is 11.5 Å². The number of piperidine rings is 1. The molecule has 1 N–H and O–H groups in total. The number of rotatable bonds is 4. The van der Waals surface area contributed by atoms with E-state index in [1.807, 2.05) is 0 Å². The SMILES string of the molecule is CC1CCCCN1CC(=O)c1cc([N+](=O)[O-])c[nH]1. The molecule has 2 heterocycles. The summed E-state index contributed by atoms with van der Waals surface area (Å²) >= 11 is 0. The van der Waals surface area contributed by atoms with Crippen LogP contribution in [0.4, 0.5) is 5.69 Å². The van der Waals surface area contributed by atoms with Crippen LogP contribution in [0.2, 0.25) is 0 Å². The Bertz CT molecular complexity index is 455. The van der Waals surface area contributed by atoms with Crippen LogP contribution in [0.15, 0.2) is 12.3 Å². The van der Waals surface area contributed by atoms with Gasteiger partial charge in [-0.15, -0.1) is 0 Å². The van der Waals surface area contributed by atoms with Gasteiger partial charge in [0.15, 0.2) is 5.78 Å². The summed E-state index contributed by atoms with van der Waals surface area (Å²) in [5.74, 6) is -0.0862. The minimum Gasteiger partial charge on any atom is -0.353 e. The normalized spacial score (nSPS) is 20.8. The molecule has 0 radical (unpaired) electrons. The minimum absolute atomic E-state index is 0.0648. The van der Waals surface area contributed by atoms with Crippen molar-refractivity contribution >= 4 is 11.5 Å². The Hall–Kier alpha value is -1.69. The molecule has 0 saturated carbocycles. The molecule has 1 fully saturated rings. The zero-order valence-corrected chi connectivity index (χ0v) is 10.4. The van der Waals surface area contributed by atoms with Crippen molar-refractivity contribution in [1.29, 1.82) is 0 Å². The van der Waals surface area contributed by atoms with Crippen molar-refractivity contribution in [2.75, 3.05) is 13.1 Å². The highest BCUT2D eigenvalue weighted by atomic mass is 16.6. The Balaban J connectivity index is 2.00. The second-order valence-corrected chi connectivity index (χ2v) is 4.77. The molecule has 1 aliphatic heterocycles. The second kappa shape index (κ2) is 5.30. The van der Waals surface area contributed by atoms with Gasteiger partial charge in [0.2, 0.25) is 0 Å². The Morgan fingerprint density at radius 2 is 2.39 bits per heavy atom. The van der Waals surface area contributed by atoms with E-state index in [0.717, 1.165) is 19.4 Å². The number of hydrogen-bond acceptors (Lipinski definition) is 4. The fraction of sp³-hybridized carbons (Fsp3) is 0.583. The number of carbonyl (C=O) groups excluding carboxylic acids is 1. The third kappa shape index (κ3) is 2.76. The molecule has 6 nitrogen and oxygen atoms in total. The van der Waals surface area contributed by atoms with Crippen molar-refractivity contribution in [1.82, 2.24) is 9.88 Å². The van der Waals surface area contributed by atoms with Gasteiger partial charge in [0.25, 0.3) is 5.69 Å². The van der Waals surface area contributed by atoms with E-state index in [0.29, 0.717) is 18.3 Å². The zero-order valence-electron chi connectivity index (χ0n) is 10.4. The first-order chi connectivity index (χ1) is 8.58. The first kappa shape index (κ1) is 12.8.